The molecule has 29 heavy (non-hydrogen) atoms. The zero-order valence-electron chi connectivity index (χ0n) is 15.5. The molecule has 0 unspecified atom stereocenters. The highest BCUT2D eigenvalue weighted by atomic mass is 32.1. The van der Waals surface area contributed by atoms with Crippen molar-refractivity contribution < 1.29 is 18.4 Å². The van der Waals surface area contributed by atoms with E-state index in [0.717, 1.165) is 17.7 Å². The van der Waals surface area contributed by atoms with Crippen molar-refractivity contribution in [3.63, 3.8) is 0 Å². The highest BCUT2D eigenvalue weighted by Gasteiger charge is 2.27. The van der Waals surface area contributed by atoms with Gasteiger partial charge in [0.15, 0.2) is 11.6 Å². The highest BCUT2D eigenvalue weighted by molar-refractivity contribution is 7.13. The predicted molar refractivity (Wildman–Crippen MR) is 102 cm³/mol. The fraction of sp³-hybridized carbons (Fsp3) is 0.263. The molecule has 1 aliphatic rings. The zero-order chi connectivity index (χ0) is 20.5. The third-order valence-corrected chi connectivity index (χ3v) is 5.59. The Kier molecular flexibility index (Phi) is 5.10. The molecule has 0 atom stereocenters. The third kappa shape index (κ3) is 3.88. The molecule has 4 rings (SSSR count). The monoisotopic (exact) mass is 417 g/mol. The van der Waals surface area contributed by atoms with Crippen LogP contribution in [0.5, 0.6) is 0 Å². The maximum Gasteiger partial charge on any atom is 0.273 e. The number of carbonyl (C=O) groups is 2. The summed E-state index contributed by atoms with van der Waals surface area (Å²) in [4.78, 5) is 32.8. The normalized spacial score (nSPS) is 14.3. The first-order valence-electron chi connectivity index (χ1n) is 8.90. The Balaban J connectivity index is 1.39. The van der Waals surface area contributed by atoms with Crippen molar-refractivity contribution >= 4 is 23.2 Å². The van der Waals surface area contributed by atoms with Gasteiger partial charge < -0.3 is 9.80 Å². The number of piperazine rings is 1. The summed E-state index contributed by atoms with van der Waals surface area (Å²) in [5, 5.41) is 6.53. The zero-order valence-corrected chi connectivity index (χ0v) is 16.3. The number of aryl methyl sites for hydroxylation is 1. The van der Waals surface area contributed by atoms with E-state index in [1.54, 1.807) is 21.2 Å². The largest absolute Gasteiger partial charge is 0.335 e. The van der Waals surface area contributed by atoms with E-state index in [2.05, 4.69) is 10.1 Å². The van der Waals surface area contributed by atoms with Crippen molar-refractivity contribution in [2.75, 3.05) is 26.2 Å². The summed E-state index contributed by atoms with van der Waals surface area (Å²) in [7, 11) is 1.81. The molecule has 0 N–H and O–H groups in total. The molecule has 0 spiro atoms. The Morgan fingerprint density at radius 2 is 1.72 bits per heavy atom. The van der Waals surface area contributed by atoms with Crippen molar-refractivity contribution in [1.82, 2.24) is 24.6 Å². The van der Waals surface area contributed by atoms with Crippen molar-refractivity contribution in [3.8, 4) is 10.6 Å². The highest BCUT2D eigenvalue weighted by Crippen LogP contribution is 2.24. The van der Waals surface area contributed by atoms with Gasteiger partial charge in [0.1, 0.15) is 10.7 Å². The minimum absolute atomic E-state index is 0.0873. The van der Waals surface area contributed by atoms with Gasteiger partial charge in [-0.2, -0.15) is 5.10 Å². The van der Waals surface area contributed by atoms with Gasteiger partial charge in [-0.15, -0.1) is 11.3 Å². The molecule has 1 fully saturated rings. The van der Waals surface area contributed by atoms with Gasteiger partial charge in [-0.05, 0) is 18.2 Å². The molecule has 7 nitrogen and oxygen atoms in total. The Bertz CT molecular complexity index is 1070. The molecule has 0 saturated carbocycles. The van der Waals surface area contributed by atoms with E-state index in [-0.39, 0.29) is 17.4 Å². The van der Waals surface area contributed by atoms with Crippen LogP contribution in [0.1, 0.15) is 20.8 Å². The standard InChI is InChI=1S/C19H17F2N5O2S/c1-24-10-13(9-22-24)17-23-16(11-29-17)19(28)26-6-4-25(5-7-26)18(27)12-2-3-14(20)15(21)8-12/h2-3,8-11H,4-7H2,1H3. The van der Waals surface area contributed by atoms with E-state index in [4.69, 9.17) is 0 Å². The number of thiazole rings is 1. The van der Waals surface area contributed by atoms with Crippen LogP contribution >= 0.6 is 11.3 Å². The first kappa shape index (κ1) is 19.2. The molecule has 1 aromatic carbocycles. The number of carbonyl (C=O) groups excluding carboxylic acids is 2. The summed E-state index contributed by atoms with van der Waals surface area (Å²) in [6.45, 7) is 1.30. The number of hydrogen-bond donors (Lipinski definition) is 0. The number of benzene rings is 1. The smallest absolute Gasteiger partial charge is 0.273 e. The van der Waals surface area contributed by atoms with Gasteiger partial charge in [0, 0.05) is 55.9 Å². The number of aromatic nitrogens is 3. The van der Waals surface area contributed by atoms with Crippen LogP contribution < -0.4 is 0 Å². The van der Waals surface area contributed by atoms with E-state index in [9.17, 15) is 18.4 Å². The number of rotatable bonds is 3. The predicted octanol–water partition coefficient (Wildman–Crippen LogP) is 2.42. The lowest BCUT2D eigenvalue weighted by atomic mass is 10.1. The number of hydrogen-bond acceptors (Lipinski definition) is 5. The minimum atomic E-state index is -1.06. The van der Waals surface area contributed by atoms with Crippen molar-refractivity contribution in [2.24, 2.45) is 7.05 Å². The van der Waals surface area contributed by atoms with Gasteiger partial charge in [0.25, 0.3) is 11.8 Å². The van der Waals surface area contributed by atoms with Crippen LogP contribution in [0.3, 0.4) is 0 Å². The van der Waals surface area contributed by atoms with Crippen LogP contribution in [0.25, 0.3) is 10.6 Å². The topological polar surface area (TPSA) is 71.3 Å². The fourth-order valence-electron chi connectivity index (χ4n) is 3.12. The second-order valence-electron chi connectivity index (χ2n) is 6.65. The van der Waals surface area contributed by atoms with E-state index in [0.29, 0.717) is 36.9 Å². The molecule has 150 valence electrons. The summed E-state index contributed by atoms with van der Waals surface area (Å²) in [5.41, 5.74) is 1.29. The van der Waals surface area contributed by atoms with Crippen molar-refractivity contribution in [3.05, 3.63) is 58.9 Å². The summed E-state index contributed by atoms with van der Waals surface area (Å²) >= 11 is 1.37. The Morgan fingerprint density at radius 3 is 2.34 bits per heavy atom. The van der Waals surface area contributed by atoms with Crippen LogP contribution in [0, 0.1) is 11.6 Å². The molecule has 0 radical (unpaired) electrons. The van der Waals surface area contributed by atoms with E-state index < -0.39 is 11.6 Å². The Labute approximate surface area is 169 Å². The van der Waals surface area contributed by atoms with Gasteiger partial charge >= 0.3 is 0 Å². The third-order valence-electron chi connectivity index (χ3n) is 4.70. The first-order chi connectivity index (χ1) is 13.9. The van der Waals surface area contributed by atoms with Gasteiger partial charge in [0.2, 0.25) is 0 Å². The van der Waals surface area contributed by atoms with Crippen LogP contribution in [0.15, 0.2) is 36.0 Å². The lowest BCUT2D eigenvalue weighted by Gasteiger charge is -2.34. The fourth-order valence-corrected chi connectivity index (χ4v) is 3.89. The van der Waals surface area contributed by atoms with E-state index in [1.165, 1.54) is 22.3 Å². The average molecular weight is 417 g/mol. The molecule has 2 amide bonds. The lowest BCUT2D eigenvalue weighted by Crippen LogP contribution is -2.50. The van der Waals surface area contributed by atoms with Crippen LogP contribution in [0.2, 0.25) is 0 Å². The van der Waals surface area contributed by atoms with E-state index >= 15 is 0 Å². The van der Waals surface area contributed by atoms with Gasteiger partial charge in [0.05, 0.1) is 6.20 Å². The van der Waals surface area contributed by atoms with Crippen LogP contribution in [-0.2, 0) is 7.05 Å². The maximum atomic E-state index is 13.4. The average Bonchev–Trinajstić information content (AvgIpc) is 3.38. The molecule has 2 aromatic heterocycles. The molecule has 1 aliphatic heterocycles. The molecule has 3 aromatic rings. The number of nitrogens with zero attached hydrogens (tertiary/aromatic N) is 5. The number of amides is 2. The molecule has 3 heterocycles. The Morgan fingerprint density at radius 1 is 1.03 bits per heavy atom. The quantitative estimate of drug-likeness (QED) is 0.656. The molecular weight excluding hydrogens is 400 g/mol. The summed E-state index contributed by atoms with van der Waals surface area (Å²) in [6.07, 6.45) is 3.52. The first-order valence-corrected chi connectivity index (χ1v) is 9.78. The van der Waals surface area contributed by atoms with Crippen molar-refractivity contribution in [2.45, 2.75) is 0 Å². The summed E-state index contributed by atoms with van der Waals surface area (Å²) < 4.78 is 28.1. The summed E-state index contributed by atoms with van der Waals surface area (Å²) in [5.74, 6) is -2.64. The number of halogens is 2. The SMILES string of the molecule is Cn1cc(-c2nc(C(=O)N3CCN(C(=O)c4ccc(F)c(F)c4)CC3)cs2)cn1. The van der Waals surface area contributed by atoms with Gasteiger partial charge in [-0.3, -0.25) is 14.3 Å². The van der Waals surface area contributed by atoms with Crippen molar-refractivity contribution in [1.29, 1.82) is 0 Å². The molecule has 0 bridgehead atoms. The van der Waals surface area contributed by atoms with E-state index in [1.807, 2.05) is 13.2 Å². The minimum Gasteiger partial charge on any atom is -0.335 e. The van der Waals surface area contributed by atoms with Gasteiger partial charge in [-0.25, -0.2) is 13.8 Å². The maximum absolute atomic E-state index is 13.4. The lowest BCUT2D eigenvalue weighted by molar-refractivity contribution is 0.0532. The second kappa shape index (κ2) is 7.70. The Hall–Kier alpha value is -3.14. The molecule has 0 aliphatic carbocycles. The molecular formula is C19H17F2N5O2S. The molecule has 10 heteroatoms. The van der Waals surface area contributed by atoms with Crippen LogP contribution in [-0.4, -0.2) is 62.6 Å². The van der Waals surface area contributed by atoms with Crippen LogP contribution in [0.4, 0.5) is 8.78 Å². The molecule has 1 saturated heterocycles. The van der Waals surface area contributed by atoms with Gasteiger partial charge in [-0.1, -0.05) is 0 Å². The second-order valence-corrected chi connectivity index (χ2v) is 7.51. The summed E-state index contributed by atoms with van der Waals surface area (Å²) in [6, 6.07) is 3.09.